The lowest BCUT2D eigenvalue weighted by atomic mass is 9.89. The molecule has 0 spiro atoms. The minimum atomic E-state index is -0.897. The molecule has 2 atom stereocenters. The van der Waals surface area contributed by atoms with Crippen LogP contribution in [0.4, 0.5) is 9.18 Å². The van der Waals surface area contributed by atoms with Gasteiger partial charge in [-0.3, -0.25) is 14.7 Å². The van der Waals surface area contributed by atoms with Crippen LogP contribution in [-0.2, 0) is 14.3 Å². The highest BCUT2D eigenvalue weighted by Gasteiger charge is 2.43. The molecule has 1 aromatic heterocycles. The Morgan fingerprint density at radius 1 is 1.29 bits per heavy atom. The van der Waals surface area contributed by atoms with Gasteiger partial charge in [0.25, 0.3) is 0 Å². The van der Waals surface area contributed by atoms with Crippen molar-refractivity contribution in [2.24, 2.45) is 10.4 Å². The quantitative estimate of drug-likeness (QED) is 0.410. The molecule has 2 fully saturated rings. The zero-order chi connectivity index (χ0) is 30.2. The number of carbonyl (C=O) groups excluding carboxylic acids is 2. The van der Waals surface area contributed by atoms with E-state index in [2.05, 4.69) is 15.2 Å². The number of aromatic nitrogens is 1. The van der Waals surface area contributed by atoms with Crippen LogP contribution in [0.3, 0.4) is 0 Å². The van der Waals surface area contributed by atoms with E-state index in [1.807, 2.05) is 24.1 Å². The number of urea groups is 1. The van der Waals surface area contributed by atoms with Crippen molar-refractivity contribution in [3.8, 4) is 0 Å². The molecule has 5 rings (SSSR count). The summed E-state index contributed by atoms with van der Waals surface area (Å²) in [6.45, 7) is 6.44. The van der Waals surface area contributed by atoms with Crippen molar-refractivity contribution in [1.82, 2.24) is 25.0 Å². The number of halogens is 2. The van der Waals surface area contributed by atoms with Crippen molar-refractivity contribution >= 4 is 46.7 Å². The van der Waals surface area contributed by atoms with E-state index in [0.29, 0.717) is 61.4 Å². The van der Waals surface area contributed by atoms with E-state index in [0.717, 1.165) is 0 Å². The van der Waals surface area contributed by atoms with Crippen LogP contribution >= 0.6 is 22.9 Å². The molecule has 4 heterocycles. The Morgan fingerprint density at radius 3 is 2.74 bits per heavy atom. The summed E-state index contributed by atoms with van der Waals surface area (Å²) >= 11 is 7.83. The summed E-state index contributed by atoms with van der Waals surface area (Å²) in [6.07, 6.45) is 1.62. The predicted molar refractivity (Wildman–Crippen MR) is 155 cm³/mol. The van der Waals surface area contributed by atoms with E-state index in [1.165, 1.54) is 36.6 Å². The van der Waals surface area contributed by atoms with Crippen LogP contribution in [0.25, 0.3) is 0 Å². The fourth-order valence-electron chi connectivity index (χ4n) is 5.79. The van der Waals surface area contributed by atoms with E-state index >= 15 is 0 Å². The smallest absolute Gasteiger partial charge is 0.338 e. The van der Waals surface area contributed by atoms with Crippen molar-refractivity contribution < 1.29 is 28.6 Å². The number of methoxy groups -OCH3 is 1. The number of aliphatic carboxylic acids is 1. The van der Waals surface area contributed by atoms with Crippen molar-refractivity contribution in [2.45, 2.75) is 32.4 Å². The number of thiazole rings is 1. The van der Waals surface area contributed by atoms with Crippen LogP contribution in [0, 0.1) is 11.2 Å². The van der Waals surface area contributed by atoms with E-state index in [-0.39, 0.29) is 29.1 Å². The minimum absolute atomic E-state index is 0.0358. The van der Waals surface area contributed by atoms with Gasteiger partial charge in [0.15, 0.2) is 10.8 Å². The first-order valence-electron chi connectivity index (χ1n) is 13.5. The minimum Gasteiger partial charge on any atom is -0.481 e. The highest BCUT2D eigenvalue weighted by molar-refractivity contribution is 7.11. The normalized spacial score (nSPS) is 21.3. The van der Waals surface area contributed by atoms with Crippen LogP contribution in [0.1, 0.15) is 36.9 Å². The molecule has 0 bridgehead atoms. The summed E-state index contributed by atoms with van der Waals surface area (Å²) < 4.78 is 19.1. The van der Waals surface area contributed by atoms with Gasteiger partial charge in [-0.05, 0) is 17.5 Å². The van der Waals surface area contributed by atoms with Crippen molar-refractivity contribution in [3.05, 3.63) is 62.5 Å². The Labute approximate surface area is 251 Å². The Balaban J connectivity index is 1.41. The molecule has 11 nitrogen and oxygen atoms in total. The largest absolute Gasteiger partial charge is 0.481 e. The number of hydrogen-bond acceptors (Lipinski definition) is 9. The van der Waals surface area contributed by atoms with Gasteiger partial charge in [0.2, 0.25) is 0 Å². The van der Waals surface area contributed by atoms with Crippen LogP contribution in [0.15, 0.2) is 46.0 Å². The molecule has 0 radical (unpaired) electrons. The first-order valence-corrected chi connectivity index (χ1v) is 14.7. The lowest BCUT2D eigenvalue weighted by Gasteiger charge is -2.38. The number of amidine groups is 1. The van der Waals surface area contributed by atoms with Gasteiger partial charge in [-0.25, -0.2) is 19.0 Å². The maximum absolute atomic E-state index is 13.9. The SMILES string of the molecule is COC(=O)C1=C(CN2CCN3C(=O)N(CC(C)(C)CC(=O)O)CC3C2)NC(c2nccs2)=NC1c1ccc(F)cc1Cl. The van der Waals surface area contributed by atoms with Gasteiger partial charge in [0.05, 0.1) is 25.1 Å². The van der Waals surface area contributed by atoms with E-state index < -0.39 is 29.2 Å². The standard InChI is InChI=1S/C28H32ClFN6O5S/c1-28(2,11-21(37)38)15-35-13-17-12-34(7-8-36(17)27(35)40)14-20-22(26(39)41-3)23(18-5-4-16(30)10-19(18)29)33-24(32-20)25-31-6-9-42-25/h4-6,9-10,17,23H,7-8,11-15H2,1-3H3,(H,32,33)(H,37,38). The highest BCUT2D eigenvalue weighted by atomic mass is 35.5. The van der Waals surface area contributed by atoms with Crippen molar-refractivity contribution in [1.29, 1.82) is 0 Å². The zero-order valence-electron chi connectivity index (χ0n) is 23.5. The van der Waals surface area contributed by atoms with E-state index in [1.54, 1.807) is 11.1 Å². The maximum Gasteiger partial charge on any atom is 0.338 e. The number of hydrogen-bond donors (Lipinski definition) is 2. The number of carboxylic acid groups (broad SMARTS) is 1. The number of ether oxygens (including phenoxy) is 1. The monoisotopic (exact) mass is 618 g/mol. The highest BCUT2D eigenvalue weighted by Crippen LogP contribution is 2.37. The fraction of sp³-hybridized carbons (Fsp3) is 0.464. The van der Waals surface area contributed by atoms with Gasteiger partial charge in [-0.2, -0.15) is 0 Å². The number of benzene rings is 1. The van der Waals surface area contributed by atoms with Crippen LogP contribution in [0.2, 0.25) is 5.02 Å². The van der Waals surface area contributed by atoms with Gasteiger partial charge in [0, 0.05) is 67.1 Å². The van der Waals surface area contributed by atoms with E-state index in [4.69, 9.17) is 21.3 Å². The number of aliphatic imine (C=N–C) groups is 1. The van der Waals surface area contributed by atoms with Crippen LogP contribution < -0.4 is 5.32 Å². The number of carbonyl (C=O) groups is 3. The zero-order valence-corrected chi connectivity index (χ0v) is 25.0. The Kier molecular flexibility index (Phi) is 8.53. The van der Waals surface area contributed by atoms with Gasteiger partial charge in [0.1, 0.15) is 11.9 Å². The number of carboxylic acids is 1. The predicted octanol–water partition coefficient (Wildman–Crippen LogP) is 3.38. The maximum atomic E-state index is 13.9. The molecule has 2 amide bonds. The molecule has 224 valence electrons. The summed E-state index contributed by atoms with van der Waals surface area (Å²) in [5.74, 6) is -1.54. The Hall–Kier alpha value is -3.55. The number of nitrogens with one attached hydrogen (secondary N) is 1. The van der Waals surface area contributed by atoms with Gasteiger partial charge >= 0.3 is 18.0 Å². The summed E-state index contributed by atoms with van der Waals surface area (Å²) in [7, 11) is 1.29. The van der Waals surface area contributed by atoms with Gasteiger partial charge < -0.3 is 25.0 Å². The molecule has 2 saturated heterocycles. The average molecular weight is 619 g/mol. The number of fused-ring (bicyclic) bond motifs is 1. The lowest BCUT2D eigenvalue weighted by molar-refractivity contribution is -0.139. The molecular weight excluding hydrogens is 587 g/mol. The molecule has 3 aliphatic rings. The topological polar surface area (TPSA) is 128 Å². The Bertz CT molecular complexity index is 1450. The van der Waals surface area contributed by atoms with Crippen molar-refractivity contribution in [2.75, 3.05) is 46.4 Å². The number of amides is 2. The van der Waals surface area contributed by atoms with Gasteiger partial charge in [-0.1, -0.05) is 31.5 Å². The third-order valence-corrected chi connectivity index (χ3v) is 8.68. The molecule has 1 aromatic carbocycles. The number of nitrogens with zero attached hydrogens (tertiary/aromatic N) is 5. The average Bonchev–Trinajstić information content (AvgIpc) is 3.55. The second-order valence-electron chi connectivity index (χ2n) is 11.4. The lowest BCUT2D eigenvalue weighted by Crippen LogP contribution is -2.53. The fourth-order valence-corrected chi connectivity index (χ4v) is 6.65. The molecular formula is C28H32ClFN6O5S. The number of esters is 1. The molecule has 2 aromatic rings. The summed E-state index contributed by atoms with van der Waals surface area (Å²) in [6, 6.07) is 2.93. The molecule has 0 saturated carbocycles. The second-order valence-corrected chi connectivity index (χ2v) is 12.7. The first kappa shape index (κ1) is 29.9. The molecule has 3 aliphatic heterocycles. The number of rotatable bonds is 9. The van der Waals surface area contributed by atoms with Crippen LogP contribution in [-0.4, -0.2) is 101 Å². The molecule has 0 aliphatic carbocycles. The third kappa shape index (κ3) is 6.27. The van der Waals surface area contributed by atoms with Crippen LogP contribution in [0.5, 0.6) is 0 Å². The summed E-state index contributed by atoms with van der Waals surface area (Å²) in [5.41, 5.74) is 0.708. The third-order valence-electron chi connectivity index (χ3n) is 7.57. The first-order chi connectivity index (χ1) is 20.0. The molecule has 2 unspecified atom stereocenters. The molecule has 14 heteroatoms. The van der Waals surface area contributed by atoms with Crippen molar-refractivity contribution in [3.63, 3.8) is 0 Å². The summed E-state index contributed by atoms with van der Waals surface area (Å²) in [5, 5.41) is 15.1. The van der Waals surface area contributed by atoms with E-state index in [9.17, 15) is 23.9 Å². The molecule has 42 heavy (non-hydrogen) atoms. The summed E-state index contributed by atoms with van der Waals surface area (Å²) in [4.78, 5) is 52.5. The number of piperazine rings is 1. The second kappa shape index (κ2) is 12.0. The molecule has 2 N–H and O–H groups in total. The van der Waals surface area contributed by atoms with Gasteiger partial charge in [-0.15, -0.1) is 11.3 Å². The Morgan fingerprint density at radius 2 is 2.07 bits per heavy atom.